The third-order valence-corrected chi connectivity index (χ3v) is 3.57. The molecule has 2 heteroatoms. The van der Waals surface area contributed by atoms with Crippen LogP contribution in [0.4, 0.5) is 0 Å². The third-order valence-electron chi connectivity index (χ3n) is 3.57. The SMILES string of the molecule is CNC1CCCCCC1Cc1ccco1. The summed E-state index contributed by atoms with van der Waals surface area (Å²) in [6, 6.07) is 4.76. The predicted molar refractivity (Wildman–Crippen MR) is 61.8 cm³/mol. The summed E-state index contributed by atoms with van der Waals surface area (Å²) < 4.78 is 5.44. The van der Waals surface area contributed by atoms with Crippen molar-refractivity contribution >= 4 is 0 Å². The van der Waals surface area contributed by atoms with E-state index in [0.717, 1.165) is 18.1 Å². The van der Waals surface area contributed by atoms with Gasteiger partial charge in [0.05, 0.1) is 6.26 Å². The van der Waals surface area contributed by atoms with Gasteiger partial charge in [0.25, 0.3) is 0 Å². The maximum Gasteiger partial charge on any atom is 0.104 e. The van der Waals surface area contributed by atoms with Gasteiger partial charge in [0.15, 0.2) is 0 Å². The van der Waals surface area contributed by atoms with Crippen LogP contribution in [0.3, 0.4) is 0 Å². The summed E-state index contributed by atoms with van der Waals surface area (Å²) in [5, 5.41) is 3.46. The fourth-order valence-electron chi connectivity index (χ4n) is 2.70. The fourth-order valence-corrected chi connectivity index (χ4v) is 2.70. The highest BCUT2D eigenvalue weighted by atomic mass is 16.3. The van der Waals surface area contributed by atoms with Crippen LogP contribution in [0.2, 0.25) is 0 Å². The van der Waals surface area contributed by atoms with Crippen molar-refractivity contribution in [3.63, 3.8) is 0 Å². The number of nitrogens with one attached hydrogen (secondary N) is 1. The van der Waals surface area contributed by atoms with E-state index in [1.54, 1.807) is 6.26 Å². The van der Waals surface area contributed by atoms with Gasteiger partial charge in [-0.1, -0.05) is 19.3 Å². The molecule has 0 spiro atoms. The van der Waals surface area contributed by atoms with Crippen LogP contribution >= 0.6 is 0 Å². The van der Waals surface area contributed by atoms with Crippen molar-refractivity contribution in [3.8, 4) is 0 Å². The Morgan fingerprint density at radius 3 is 2.93 bits per heavy atom. The van der Waals surface area contributed by atoms with Crippen LogP contribution in [0.1, 0.15) is 37.9 Å². The van der Waals surface area contributed by atoms with Gasteiger partial charge in [0.1, 0.15) is 5.76 Å². The summed E-state index contributed by atoms with van der Waals surface area (Å²) >= 11 is 0. The molecule has 0 amide bonds. The van der Waals surface area contributed by atoms with Crippen molar-refractivity contribution in [3.05, 3.63) is 24.2 Å². The molecule has 0 aliphatic heterocycles. The molecule has 1 heterocycles. The first kappa shape index (κ1) is 10.7. The maximum atomic E-state index is 5.44. The molecule has 2 atom stereocenters. The zero-order valence-electron chi connectivity index (χ0n) is 9.54. The van der Waals surface area contributed by atoms with Crippen molar-refractivity contribution in [1.82, 2.24) is 5.32 Å². The van der Waals surface area contributed by atoms with Crippen LogP contribution < -0.4 is 5.32 Å². The van der Waals surface area contributed by atoms with Crippen LogP contribution in [0, 0.1) is 5.92 Å². The van der Waals surface area contributed by atoms with Gasteiger partial charge in [-0.15, -0.1) is 0 Å². The second kappa shape index (κ2) is 5.36. The molecule has 1 aromatic rings. The van der Waals surface area contributed by atoms with E-state index in [4.69, 9.17) is 4.42 Å². The second-order valence-corrected chi connectivity index (χ2v) is 4.58. The molecule has 1 aliphatic rings. The zero-order chi connectivity index (χ0) is 10.5. The molecule has 84 valence electrons. The van der Waals surface area contributed by atoms with Crippen molar-refractivity contribution in [2.45, 2.75) is 44.6 Å². The second-order valence-electron chi connectivity index (χ2n) is 4.58. The Hall–Kier alpha value is -0.760. The smallest absolute Gasteiger partial charge is 0.104 e. The molecular formula is C13H21NO. The molecule has 1 fully saturated rings. The lowest BCUT2D eigenvalue weighted by Crippen LogP contribution is -2.33. The summed E-state index contributed by atoms with van der Waals surface area (Å²) in [5.74, 6) is 1.89. The van der Waals surface area contributed by atoms with Gasteiger partial charge in [-0.2, -0.15) is 0 Å². The van der Waals surface area contributed by atoms with E-state index < -0.39 is 0 Å². The molecule has 1 N–H and O–H groups in total. The number of furan rings is 1. The highest BCUT2D eigenvalue weighted by Crippen LogP contribution is 2.26. The van der Waals surface area contributed by atoms with Gasteiger partial charge < -0.3 is 9.73 Å². The first-order chi connectivity index (χ1) is 7.40. The number of hydrogen-bond acceptors (Lipinski definition) is 2. The lowest BCUT2D eigenvalue weighted by Gasteiger charge is -2.23. The summed E-state index contributed by atoms with van der Waals surface area (Å²) in [6.07, 6.45) is 9.68. The lowest BCUT2D eigenvalue weighted by molar-refractivity contribution is 0.328. The summed E-state index contributed by atoms with van der Waals surface area (Å²) in [4.78, 5) is 0. The Labute approximate surface area is 92.1 Å². The van der Waals surface area contributed by atoms with Crippen LogP contribution in [0.25, 0.3) is 0 Å². The van der Waals surface area contributed by atoms with E-state index in [9.17, 15) is 0 Å². The zero-order valence-corrected chi connectivity index (χ0v) is 9.54. The minimum Gasteiger partial charge on any atom is -0.469 e. The summed E-state index contributed by atoms with van der Waals surface area (Å²) in [5.41, 5.74) is 0. The molecule has 2 unspecified atom stereocenters. The molecular weight excluding hydrogens is 186 g/mol. The van der Waals surface area contributed by atoms with Crippen molar-refractivity contribution in [1.29, 1.82) is 0 Å². The van der Waals surface area contributed by atoms with Gasteiger partial charge in [-0.05, 0) is 37.9 Å². The topological polar surface area (TPSA) is 25.2 Å². The van der Waals surface area contributed by atoms with Crippen molar-refractivity contribution < 1.29 is 4.42 Å². The van der Waals surface area contributed by atoms with Gasteiger partial charge in [0, 0.05) is 12.5 Å². The van der Waals surface area contributed by atoms with Crippen LogP contribution in [0.5, 0.6) is 0 Å². The van der Waals surface area contributed by atoms with Crippen LogP contribution in [0.15, 0.2) is 22.8 Å². The van der Waals surface area contributed by atoms with Crippen molar-refractivity contribution in [2.24, 2.45) is 5.92 Å². The molecule has 15 heavy (non-hydrogen) atoms. The molecule has 0 aromatic carbocycles. The largest absolute Gasteiger partial charge is 0.469 e. The van der Waals surface area contributed by atoms with Crippen molar-refractivity contribution in [2.75, 3.05) is 7.05 Å². The third kappa shape index (κ3) is 2.85. The van der Waals surface area contributed by atoms with Gasteiger partial charge >= 0.3 is 0 Å². The Morgan fingerprint density at radius 2 is 2.20 bits per heavy atom. The first-order valence-corrected chi connectivity index (χ1v) is 6.10. The monoisotopic (exact) mass is 207 g/mol. The Morgan fingerprint density at radius 1 is 1.33 bits per heavy atom. The van der Waals surface area contributed by atoms with E-state index in [0.29, 0.717) is 6.04 Å². The maximum absolute atomic E-state index is 5.44. The molecule has 2 nitrogen and oxygen atoms in total. The first-order valence-electron chi connectivity index (χ1n) is 6.10. The minimum absolute atomic E-state index is 0.678. The minimum atomic E-state index is 0.678. The Balaban J connectivity index is 1.97. The quantitative estimate of drug-likeness (QED) is 0.771. The highest BCUT2D eigenvalue weighted by molar-refractivity contribution is 5.00. The normalized spacial score (nSPS) is 27.5. The van der Waals surface area contributed by atoms with E-state index >= 15 is 0 Å². The number of hydrogen-bond donors (Lipinski definition) is 1. The molecule has 0 bridgehead atoms. The number of rotatable bonds is 3. The average Bonchev–Trinajstić information content (AvgIpc) is 2.64. The van der Waals surface area contributed by atoms with Gasteiger partial charge in [-0.3, -0.25) is 0 Å². The molecule has 2 rings (SSSR count). The molecule has 1 aromatic heterocycles. The van der Waals surface area contributed by atoms with Crippen LogP contribution in [-0.4, -0.2) is 13.1 Å². The summed E-state index contributed by atoms with van der Waals surface area (Å²) in [6.45, 7) is 0. The van der Waals surface area contributed by atoms with E-state index in [-0.39, 0.29) is 0 Å². The fraction of sp³-hybridized carbons (Fsp3) is 0.692. The van der Waals surface area contributed by atoms with Gasteiger partial charge in [0.2, 0.25) is 0 Å². The van der Waals surface area contributed by atoms with E-state index in [2.05, 4.69) is 18.4 Å². The molecule has 1 aliphatic carbocycles. The highest BCUT2D eigenvalue weighted by Gasteiger charge is 2.23. The molecule has 0 radical (unpaired) electrons. The standard InChI is InChI=1S/C13H21NO/c1-14-13-8-4-2-3-6-11(13)10-12-7-5-9-15-12/h5,7,9,11,13-14H,2-4,6,8,10H2,1H3. The molecule has 0 saturated heterocycles. The predicted octanol–water partition coefficient (Wildman–Crippen LogP) is 2.99. The molecule has 1 saturated carbocycles. The Kier molecular flexibility index (Phi) is 3.84. The van der Waals surface area contributed by atoms with Crippen LogP contribution in [-0.2, 0) is 6.42 Å². The van der Waals surface area contributed by atoms with Gasteiger partial charge in [-0.25, -0.2) is 0 Å². The Bertz CT molecular complexity index is 268. The van der Waals surface area contributed by atoms with E-state index in [1.165, 1.54) is 32.1 Å². The average molecular weight is 207 g/mol. The lowest BCUT2D eigenvalue weighted by atomic mass is 9.91. The van der Waals surface area contributed by atoms with E-state index in [1.807, 2.05) is 6.07 Å². The summed E-state index contributed by atoms with van der Waals surface area (Å²) in [7, 11) is 2.09.